The molecule has 4 aromatic rings. The van der Waals surface area contributed by atoms with Crippen molar-refractivity contribution >= 4 is 17.9 Å². The van der Waals surface area contributed by atoms with Gasteiger partial charge >= 0.3 is 6.09 Å². The third-order valence-electron chi connectivity index (χ3n) is 11.2. The Morgan fingerprint density at radius 2 is 1.35 bits per heavy atom. The van der Waals surface area contributed by atoms with E-state index in [1.165, 1.54) is 7.11 Å². The summed E-state index contributed by atoms with van der Waals surface area (Å²) in [6.07, 6.45) is 7.98. The zero-order chi connectivity index (χ0) is 37.1. The Morgan fingerprint density at radius 3 is 1.90 bits per heavy atom. The first-order valence-corrected chi connectivity index (χ1v) is 18.7. The Morgan fingerprint density at radius 1 is 0.788 bits per heavy atom. The molecule has 1 saturated carbocycles. The molecule has 52 heavy (non-hydrogen) atoms. The molecule has 2 fully saturated rings. The van der Waals surface area contributed by atoms with Crippen LogP contribution in [0, 0.1) is 17.8 Å². The lowest BCUT2D eigenvalue weighted by molar-refractivity contribution is -0.137. The first-order chi connectivity index (χ1) is 25.0. The highest BCUT2D eigenvalue weighted by Gasteiger charge is 2.39. The summed E-state index contributed by atoms with van der Waals surface area (Å²) in [5.41, 5.74) is 5.97. The van der Waals surface area contributed by atoms with E-state index >= 15 is 0 Å². The van der Waals surface area contributed by atoms with Crippen molar-refractivity contribution in [3.8, 4) is 33.6 Å². The molecule has 11 heteroatoms. The van der Waals surface area contributed by atoms with E-state index in [4.69, 9.17) is 14.7 Å². The van der Waals surface area contributed by atoms with Gasteiger partial charge in [0.1, 0.15) is 17.7 Å². The van der Waals surface area contributed by atoms with Gasteiger partial charge in [0, 0.05) is 55.0 Å². The molecule has 2 aromatic carbocycles. The number of methoxy groups -OCH3 is 1. The zero-order valence-electron chi connectivity index (χ0n) is 31.5. The van der Waals surface area contributed by atoms with Crippen LogP contribution >= 0.6 is 0 Å². The number of aromatic amines is 2. The number of ether oxygens (including phenoxy) is 1. The molecular weight excluding hydrogens is 654 g/mol. The second-order valence-electron chi connectivity index (χ2n) is 15.1. The van der Waals surface area contributed by atoms with E-state index in [2.05, 4.69) is 77.7 Å². The second-order valence-corrected chi connectivity index (χ2v) is 15.1. The molecule has 1 aliphatic carbocycles. The molecule has 0 radical (unpaired) electrons. The van der Waals surface area contributed by atoms with Crippen LogP contribution in [0.5, 0.6) is 0 Å². The quantitative estimate of drug-likeness (QED) is 0.147. The number of amides is 3. The molecule has 0 bridgehead atoms. The topological polar surface area (TPSA) is 136 Å². The molecule has 0 unspecified atom stereocenters. The molecule has 5 atom stereocenters. The summed E-state index contributed by atoms with van der Waals surface area (Å²) >= 11 is 0. The zero-order valence-corrected chi connectivity index (χ0v) is 31.5. The normalized spacial score (nSPS) is 19.9. The maximum Gasteiger partial charge on any atom is 0.407 e. The van der Waals surface area contributed by atoms with Gasteiger partial charge in [-0.05, 0) is 48.6 Å². The maximum absolute atomic E-state index is 13.5. The number of benzene rings is 2. The monoisotopic (exact) mass is 707 g/mol. The van der Waals surface area contributed by atoms with Gasteiger partial charge in [-0.1, -0.05) is 89.6 Å². The van der Waals surface area contributed by atoms with Crippen molar-refractivity contribution < 1.29 is 19.1 Å². The Hall–Kier alpha value is -4.93. The molecule has 1 aliphatic heterocycles. The lowest BCUT2D eigenvalue weighted by Gasteiger charge is -2.33. The van der Waals surface area contributed by atoms with E-state index in [0.29, 0.717) is 5.92 Å². The van der Waals surface area contributed by atoms with E-state index in [9.17, 15) is 14.4 Å². The standard InChI is InChI=1S/C41H53N7O4/c1-24(2)26(5)39(49)48-21-9-12-35(48)38-43-23-33(45-38)30-19-15-28(16-20-30)27-13-17-29(18-14-27)32-22-42-37(44-32)31-10-8-11-34(31)47(6)40(50)36(25(3)4)46-41(51)52-7/h13-20,22-26,31,34-36H,8-12,21H2,1-7H3,(H,42,44)(H,43,45)(H,46,51)/t26-,31-,34-,35-,36-/m0/s1. The number of carbonyl (C=O) groups is 3. The number of hydrogen-bond acceptors (Lipinski definition) is 6. The fourth-order valence-electron chi connectivity index (χ4n) is 7.66. The number of rotatable bonds is 11. The van der Waals surface area contributed by atoms with Crippen molar-refractivity contribution in [1.82, 2.24) is 35.1 Å². The summed E-state index contributed by atoms with van der Waals surface area (Å²) in [5.74, 6) is 2.11. The molecule has 11 nitrogen and oxygen atoms in total. The summed E-state index contributed by atoms with van der Waals surface area (Å²) < 4.78 is 4.76. The van der Waals surface area contributed by atoms with Crippen LogP contribution in [0.25, 0.3) is 33.6 Å². The summed E-state index contributed by atoms with van der Waals surface area (Å²) in [6.45, 7) is 10.8. The summed E-state index contributed by atoms with van der Waals surface area (Å²) in [7, 11) is 3.12. The van der Waals surface area contributed by atoms with Crippen molar-refractivity contribution in [3.05, 3.63) is 72.6 Å². The molecule has 3 N–H and O–H groups in total. The van der Waals surface area contributed by atoms with Crippen molar-refractivity contribution in [2.45, 2.75) is 90.8 Å². The minimum absolute atomic E-state index is 0.00436. The van der Waals surface area contributed by atoms with E-state index in [-0.39, 0.29) is 41.7 Å². The third-order valence-corrected chi connectivity index (χ3v) is 11.2. The third kappa shape index (κ3) is 7.64. The van der Waals surface area contributed by atoms with Crippen molar-refractivity contribution in [2.24, 2.45) is 17.8 Å². The van der Waals surface area contributed by atoms with Crippen LogP contribution < -0.4 is 5.32 Å². The van der Waals surface area contributed by atoms with Gasteiger partial charge in [0.15, 0.2) is 0 Å². The molecule has 6 rings (SSSR count). The number of imidazole rings is 2. The van der Waals surface area contributed by atoms with Crippen LogP contribution in [0.15, 0.2) is 60.9 Å². The van der Waals surface area contributed by atoms with Gasteiger partial charge in [0.2, 0.25) is 11.8 Å². The summed E-state index contributed by atoms with van der Waals surface area (Å²) in [4.78, 5) is 59.1. The number of alkyl carbamates (subject to hydrolysis) is 1. The van der Waals surface area contributed by atoms with E-state index in [1.54, 1.807) is 4.90 Å². The molecule has 0 spiro atoms. The number of likely N-dealkylation sites (N-methyl/N-ethyl adjacent to an activating group) is 1. The van der Waals surface area contributed by atoms with Crippen LogP contribution in [-0.4, -0.2) is 80.4 Å². The predicted octanol–water partition coefficient (Wildman–Crippen LogP) is 7.56. The minimum atomic E-state index is -0.664. The van der Waals surface area contributed by atoms with Gasteiger partial charge in [-0.25, -0.2) is 14.8 Å². The lowest BCUT2D eigenvalue weighted by Crippen LogP contribution is -2.53. The molecule has 2 aromatic heterocycles. The number of likely N-dealkylation sites (tertiary alicyclic amines) is 1. The van der Waals surface area contributed by atoms with E-state index < -0.39 is 12.1 Å². The lowest BCUT2D eigenvalue weighted by atomic mass is 9.96. The minimum Gasteiger partial charge on any atom is -0.453 e. The molecule has 3 heterocycles. The maximum atomic E-state index is 13.5. The van der Waals surface area contributed by atoms with Crippen LogP contribution in [-0.2, 0) is 14.3 Å². The molecule has 2 aliphatic rings. The van der Waals surface area contributed by atoms with Crippen LogP contribution in [0.2, 0.25) is 0 Å². The SMILES string of the molecule is COC(=O)N[C@H](C(=O)N(C)[C@H]1CCC[C@@H]1c1nc(-c2ccc(-c3ccc(-c4c[nH]c([C@@H]5CCCN5C(=O)[C@@H](C)C(C)C)n4)cc3)cc2)c[nH]1)C(C)C. The number of aromatic nitrogens is 4. The fourth-order valence-corrected chi connectivity index (χ4v) is 7.66. The van der Waals surface area contributed by atoms with Gasteiger partial charge < -0.3 is 29.8 Å². The highest BCUT2D eigenvalue weighted by Crippen LogP contribution is 2.38. The molecular formula is C41H53N7O4. The highest BCUT2D eigenvalue weighted by molar-refractivity contribution is 5.86. The first kappa shape index (κ1) is 36.8. The van der Waals surface area contributed by atoms with Gasteiger partial charge in [-0.2, -0.15) is 0 Å². The van der Waals surface area contributed by atoms with Crippen LogP contribution in [0.4, 0.5) is 4.79 Å². The van der Waals surface area contributed by atoms with Gasteiger partial charge in [0.25, 0.3) is 0 Å². The Labute approximate surface area is 307 Å². The van der Waals surface area contributed by atoms with Crippen LogP contribution in [0.3, 0.4) is 0 Å². The largest absolute Gasteiger partial charge is 0.453 e. The Kier molecular flexibility index (Phi) is 11.2. The second kappa shape index (κ2) is 15.8. The van der Waals surface area contributed by atoms with Gasteiger partial charge in [-0.3, -0.25) is 9.59 Å². The van der Waals surface area contributed by atoms with Crippen molar-refractivity contribution in [3.63, 3.8) is 0 Å². The average molecular weight is 708 g/mol. The van der Waals surface area contributed by atoms with Crippen molar-refractivity contribution in [2.75, 3.05) is 20.7 Å². The van der Waals surface area contributed by atoms with Crippen LogP contribution in [0.1, 0.15) is 90.3 Å². The number of hydrogen-bond donors (Lipinski definition) is 3. The number of nitrogens with one attached hydrogen (secondary N) is 3. The summed E-state index contributed by atoms with van der Waals surface area (Å²) in [6, 6.07) is 16.1. The Balaban J connectivity index is 1.10. The fraction of sp³-hybridized carbons (Fsp3) is 0.488. The van der Waals surface area contributed by atoms with E-state index in [1.807, 2.05) is 45.1 Å². The first-order valence-electron chi connectivity index (χ1n) is 18.7. The number of H-pyrrole nitrogens is 2. The van der Waals surface area contributed by atoms with Gasteiger partial charge in [-0.15, -0.1) is 0 Å². The molecule has 3 amide bonds. The number of nitrogens with zero attached hydrogens (tertiary/aromatic N) is 4. The van der Waals surface area contributed by atoms with Gasteiger partial charge in [0.05, 0.1) is 24.5 Å². The molecule has 1 saturated heterocycles. The molecule has 276 valence electrons. The smallest absolute Gasteiger partial charge is 0.407 e. The number of carbonyl (C=O) groups excluding carboxylic acids is 3. The van der Waals surface area contributed by atoms with Crippen molar-refractivity contribution in [1.29, 1.82) is 0 Å². The van der Waals surface area contributed by atoms with E-state index in [0.717, 1.165) is 83.9 Å². The average Bonchev–Trinajstić information content (AvgIpc) is 3.99. The summed E-state index contributed by atoms with van der Waals surface area (Å²) in [5, 5.41) is 2.71. The highest BCUT2D eigenvalue weighted by atomic mass is 16.5. The Bertz CT molecular complexity index is 1840. The predicted molar refractivity (Wildman–Crippen MR) is 202 cm³/mol.